The number of carbonyl (C=O) groups is 1. The van der Waals surface area contributed by atoms with E-state index in [0.29, 0.717) is 12.0 Å². The van der Waals surface area contributed by atoms with E-state index in [4.69, 9.17) is 0 Å². The van der Waals surface area contributed by atoms with Crippen LogP contribution >= 0.6 is 0 Å². The first-order valence-electron chi connectivity index (χ1n) is 11.0. The quantitative estimate of drug-likeness (QED) is 0.498. The number of fused-ring (bicyclic) bond motifs is 1. The van der Waals surface area contributed by atoms with Crippen molar-refractivity contribution in [2.45, 2.75) is 38.4 Å². The van der Waals surface area contributed by atoms with Gasteiger partial charge in [0.15, 0.2) is 0 Å². The molecule has 0 saturated heterocycles. The number of benzene rings is 3. The summed E-state index contributed by atoms with van der Waals surface area (Å²) in [6.45, 7) is 3.94. The van der Waals surface area contributed by atoms with E-state index in [2.05, 4.69) is 34.2 Å². The second-order valence-electron chi connectivity index (χ2n) is 8.54. The second-order valence-corrected chi connectivity index (χ2v) is 8.54. The lowest BCUT2D eigenvalue weighted by molar-refractivity contribution is -0.127. The van der Waals surface area contributed by atoms with Gasteiger partial charge in [0.2, 0.25) is 5.91 Å². The molecule has 0 spiro atoms. The fraction of sp³-hybridized carbons (Fsp3) is 0.259. The molecular weight excluding hydrogens is 396 g/mol. The normalized spacial score (nSPS) is 14.6. The predicted octanol–water partition coefficient (Wildman–Crippen LogP) is 5.02. The van der Waals surface area contributed by atoms with Crippen molar-refractivity contribution >= 4 is 17.3 Å². The molecule has 32 heavy (non-hydrogen) atoms. The monoisotopic (exact) mass is 424 g/mol. The van der Waals surface area contributed by atoms with Gasteiger partial charge in [0, 0.05) is 6.04 Å². The molecule has 5 heteroatoms. The third kappa shape index (κ3) is 4.31. The summed E-state index contributed by atoms with van der Waals surface area (Å²) in [5.41, 5.74) is 3.63. The zero-order chi connectivity index (χ0) is 22.6. The van der Waals surface area contributed by atoms with Gasteiger partial charge in [0.1, 0.15) is 5.66 Å². The highest BCUT2D eigenvalue weighted by Gasteiger charge is 2.48. The van der Waals surface area contributed by atoms with E-state index in [1.807, 2.05) is 74.5 Å². The zero-order valence-electron chi connectivity index (χ0n) is 18.4. The number of amides is 1. The van der Waals surface area contributed by atoms with Crippen LogP contribution in [0.4, 0.5) is 11.4 Å². The second kappa shape index (κ2) is 9.15. The summed E-state index contributed by atoms with van der Waals surface area (Å²) < 4.78 is 0. The van der Waals surface area contributed by atoms with Gasteiger partial charge in [-0.1, -0.05) is 54.6 Å². The minimum atomic E-state index is -0.871. The summed E-state index contributed by atoms with van der Waals surface area (Å²) in [7, 11) is 0. The standard InChI is InChI=1S/C27H28N4O/c1-19(2)29-26(32)23(16-15-20-9-4-3-5-10-20)27(22-12-8-11-21(17-22)18-28)30-24-13-6-7-14-25(24)31-27/h3-14,17,19,23,30-31H,15-16H2,1-2H3,(H,29,32). The Kier molecular flexibility index (Phi) is 6.13. The van der Waals surface area contributed by atoms with Crippen LogP contribution < -0.4 is 16.0 Å². The average molecular weight is 425 g/mol. The molecule has 0 aliphatic carbocycles. The Morgan fingerprint density at radius 3 is 2.25 bits per heavy atom. The number of hydrogen-bond donors (Lipinski definition) is 3. The molecule has 1 amide bonds. The molecule has 1 atom stereocenters. The van der Waals surface area contributed by atoms with E-state index in [0.717, 1.165) is 23.4 Å². The first-order chi connectivity index (χ1) is 15.5. The van der Waals surface area contributed by atoms with E-state index in [9.17, 15) is 10.1 Å². The van der Waals surface area contributed by atoms with Crippen LogP contribution in [0.15, 0.2) is 78.9 Å². The fourth-order valence-electron chi connectivity index (χ4n) is 4.40. The van der Waals surface area contributed by atoms with Crippen molar-refractivity contribution in [2.24, 2.45) is 5.92 Å². The average Bonchev–Trinajstić information content (AvgIpc) is 3.20. The summed E-state index contributed by atoms with van der Waals surface area (Å²) in [6, 6.07) is 27.9. The SMILES string of the molecule is CC(C)NC(=O)C(CCc1ccccc1)C1(c2cccc(C#N)c2)Nc2ccccc2N1. The van der Waals surface area contributed by atoms with Crippen molar-refractivity contribution in [2.75, 3.05) is 10.6 Å². The number of anilines is 2. The number of nitrogens with zero attached hydrogens (tertiary/aromatic N) is 1. The van der Waals surface area contributed by atoms with Crippen LogP contribution in [0.5, 0.6) is 0 Å². The highest BCUT2D eigenvalue weighted by Crippen LogP contribution is 2.45. The molecule has 5 nitrogen and oxygen atoms in total. The molecule has 0 saturated carbocycles. The molecule has 1 heterocycles. The van der Waals surface area contributed by atoms with Crippen molar-refractivity contribution in [3.8, 4) is 6.07 Å². The van der Waals surface area contributed by atoms with E-state index in [-0.39, 0.29) is 11.9 Å². The van der Waals surface area contributed by atoms with Crippen molar-refractivity contribution < 1.29 is 4.79 Å². The number of carbonyl (C=O) groups excluding carboxylic acids is 1. The maximum Gasteiger partial charge on any atom is 0.227 e. The lowest BCUT2D eigenvalue weighted by atomic mass is 9.81. The maximum atomic E-state index is 13.6. The molecule has 1 aliphatic heterocycles. The molecule has 0 aromatic heterocycles. The van der Waals surface area contributed by atoms with Crippen molar-refractivity contribution in [3.63, 3.8) is 0 Å². The molecule has 0 radical (unpaired) electrons. The summed E-state index contributed by atoms with van der Waals surface area (Å²) in [5, 5.41) is 19.9. The topological polar surface area (TPSA) is 77.0 Å². The van der Waals surface area contributed by atoms with Crippen molar-refractivity contribution in [3.05, 3.63) is 95.6 Å². The number of nitrogens with one attached hydrogen (secondary N) is 3. The fourth-order valence-corrected chi connectivity index (χ4v) is 4.40. The first-order valence-corrected chi connectivity index (χ1v) is 11.0. The molecule has 162 valence electrons. The molecule has 3 N–H and O–H groups in total. The Morgan fingerprint density at radius 1 is 0.969 bits per heavy atom. The minimum absolute atomic E-state index is 0.0213. The van der Waals surface area contributed by atoms with Gasteiger partial charge < -0.3 is 16.0 Å². The van der Waals surface area contributed by atoms with Crippen LogP contribution in [0.3, 0.4) is 0 Å². The van der Waals surface area contributed by atoms with E-state index in [1.165, 1.54) is 5.56 Å². The van der Waals surface area contributed by atoms with Gasteiger partial charge in [-0.2, -0.15) is 5.26 Å². The largest absolute Gasteiger partial charge is 0.357 e. The first kappa shape index (κ1) is 21.5. The lowest BCUT2D eigenvalue weighted by Gasteiger charge is -2.39. The van der Waals surface area contributed by atoms with Crippen LogP contribution in [0.2, 0.25) is 0 Å². The lowest BCUT2D eigenvalue weighted by Crippen LogP contribution is -2.53. The summed E-state index contributed by atoms with van der Waals surface area (Å²) >= 11 is 0. The highest BCUT2D eigenvalue weighted by atomic mass is 16.2. The molecule has 3 aromatic carbocycles. The molecule has 1 aliphatic rings. The van der Waals surface area contributed by atoms with E-state index >= 15 is 0 Å². The highest BCUT2D eigenvalue weighted by molar-refractivity contribution is 5.86. The number of hydrogen-bond acceptors (Lipinski definition) is 4. The van der Waals surface area contributed by atoms with Crippen molar-refractivity contribution in [1.82, 2.24) is 5.32 Å². The molecule has 3 aromatic rings. The minimum Gasteiger partial charge on any atom is -0.357 e. The van der Waals surface area contributed by atoms with E-state index in [1.54, 1.807) is 6.07 Å². The Bertz CT molecular complexity index is 1110. The molecule has 4 rings (SSSR count). The van der Waals surface area contributed by atoms with Crippen molar-refractivity contribution in [1.29, 1.82) is 5.26 Å². The van der Waals surface area contributed by atoms with Crippen LogP contribution in [0, 0.1) is 17.2 Å². The van der Waals surface area contributed by atoms with Crippen LogP contribution in [-0.4, -0.2) is 11.9 Å². The Morgan fingerprint density at radius 2 is 1.62 bits per heavy atom. The zero-order valence-corrected chi connectivity index (χ0v) is 18.4. The van der Waals surface area contributed by atoms with Gasteiger partial charge in [-0.25, -0.2) is 0 Å². The molecule has 0 bridgehead atoms. The van der Waals surface area contributed by atoms with Gasteiger partial charge in [-0.05, 0) is 62.1 Å². The van der Waals surface area contributed by atoms with Gasteiger partial charge in [-0.3, -0.25) is 4.79 Å². The van der Waals surface area contributed by atoms with Gasteiger partial charge >= 0.3 is 0 Å². The Hall–Kier alpha value is -3.78. The summed E-state index contributed by atoms with van der Waals surface area (Å²) in [4.78, 5) is 13.6. The number of rotatable bonds is 7. The summed E-state index contributed by atoms with van der Waals surface area (Å²) in [6.07, 6.45) is 1.39. The molecule has 1 unspecified atom stereocenters. The molecular formula is C27H28N4O. The number of nitriles is 1. The van der Waals surface area contributed by atoms with Crippen LogP contribution in [0.25, 0.3) is 0 Å². The predicted molar refractivity (Wildman–Crippen MR) is 128 cm³/mol. The smallest absolute Gasteiger partial charge is 0.227 e. The van der Waals surface area contributed by atoms with E-state index < -0.39 is 11.6 Å². The van der Waals surface area contributed by atoms with Gasteiger partial charge in [0.05, 0.1) is 28.9 Å². The molecule has 0 fully saturated rings. The summed E-state index contributed by atoms with van der Waals surface area (Å²) in [5.74, 6) is -0.447. The number of aryl methyl sites for hydroxylation is 1. The third-order valence-electron chi connectivity index (χ3n) is 5.87. The third-order valence-corrected chi connectivity index (χ3v) is 5.87. The number of para-hydroxylation sites is 2. The maximum absolute atomic E-state index is 13.6. The van der Waals surface area contributed by atoms with Gasteiger partial charge in [-0.15, -0.1) is 0 Å². The van der Waals surface area contributed by atoms with Crippen LogP contribution in [0.1, 0.15) is 37.0 Å². The van der Waals surface area contributed by atoms with Gasteiger partial charge in [0.25, 0.3) is 0 Å². The Balaban J connectivity index is 1.79. The Labute approximate surface area is 189 Å². The van der Waals surface area contributed by atoms with Crippen LogP contribution in [-0.2, 0) is 16.9 Å².